The second-order valence-corrected chi connectivity index (χ2v) is 4.93. The molecule has 4 nitrogen and oxygen atoms in total. The molecule has 0 aliphatic heterocycles. The van der Waals surface area contributed by atoms with Crippen molar-refractivity contribution in [3.63, 3.8) is 0 Å². The van der Waals surface area contributed by atoms with Crippen molar-refractivity contribution in [3.05, 3.63) is 59.7 Å². The quantitative estimate of drug-likeness (QED) is 0.683. The fourth-order valence-corrected chi connectivity index (χ4v) is 2.24. The van der Waals surface area contributed by atoms with Gasteiger partial charge in [0.15, 0.2) is 5.78 Å². The number of aromatic nitrogens is 3. The summed E-state index contributed by atoms with van der Waals surface area (Å²) in [7, 11) is 0. The molecule has 100 valence electrons. The molecule has 0 amide bonds. The minimum Gasteiger partial charge on any atom is -0.292 e. The maximum atomic E-state index is 12.5. The fourth-order valence-electron chi connectivity index (χ4n) is 2.24. The molecule has 0 spiro atoms. The van der Waals surface area contributed by atoms with Crippen molar-refractivity contribution < 1.29 is 4.79 Å². The Balaban J connectivity index is 1.97. The van der Waals surface area contributed by atoms with Crippen LogP contribution in [0.5, 0.6) is 0 Å². The Kier molecular flexibility index (Phi) is 3.06. The van der Waals surface area contributed by atoms with Crippen LogP contribution in [0.3, 0.4) is 0 Å². The molecule has 1 unspecified atom stereocenters. The maximum absolute atomic E-state index is 12.5. The number of carbonyl (C=O) groups is 1. The van der Waals surface area contributed by atoms with Crippen molar-refractivity contribution in [2.24, 2.45) is 0 Å². The summed E-state index contributed by atoms with van der Waals surface area (Å²) in [4.78, 5) is 12.5. The summed E-state index contributed by atoms with van der Waals surface area (Å²) in [6.07, 6.45) is 0. The van der Waals surface area contributed by atoms with Gasteiger partial charge in [-0.1, -0.05) is 47.2 Å². The van der Waals surface area contributed by atoms with Crippen LogP contribution in [0.1, 0.15) is 28.9 Å². The Labute approximate surface area is 117 Å². The fraction of sp³-hybridized carbons (Fsp3) is 0.188. The van der Waals surface area contributed by atoms with E-state index in [0.29, 0.717) is 5.56 Å². The van der Waals surface area contributed by atoms with Crippen LogP contribution in [-0.2, 0) is 0 Å². The zero-order chi connectivity index (χ0) is 14.1. The normalized spacial score (nSPS) is 12.5. The molecule has 1 aromatic heterocycles. The maximum Gasteiger partial charge on any atom is 0.187 e. The molecular formula is C16H15N3O. The standard InChI is InChI=1S/C16H15N3O/c1-11-7-9-13(10-8-11)16(20)12(2)19-15-6-4-3-5-14(15)17-18-19/h3-10,12H,1-2H3. The van der Waals surface area contributed by atoms with Crippen molar-refractivity contribution in [1.29, 1.82) is 0 Å². The smallest absolute Gasteiger partial charge is 0.187 e. The van der Waals surface area contributed by atoms with Crippen LogP contribution in [0.2, 0.25) is 0 Å². The van der Waals surface area contributed by atoms with Crippen LogP contribution >= 0.6 is 0 Å². The molecular weight excluding hydrogens is 250 g/mol. The summed E-state index contributed by atoms with van der Waals surface area (Å²) in [6.45, 7) is 3.85. The third-order valence-electron chi connectivity index (χ3n) is 3.46. The molecule has 0 N–H and O–H groups in total. The zero-order valence-corrected chi connectivity index (χ0v) is 11.4. The van der Waals surface area contributed by atoms with Gasteiger partial charge >= 0.3 is 0 Å². The lowest BCUT2D eigenvalue weighted by atomic mass is 10.0. The van der Waals surface area contributed by atoms with Gasteiger partial charge in [0, 0.05) is 5.56 Å². The number of aryl methyl sites for hydroxylation is 1. The number of ketones is 1. The number of nitrogens with zero attached hydrogens (tertiary/aromatic N) is 3. The lowest BCUT2D eigenvalue weighted by Crippen LogP contribution is -2.18. The lowest BCUT2D eigenvalue weighted by molar-refractivity contribution is 0.0929. The number of rotatable bonds is 3. The van der Waals surface area contributed by atoms with Gasteiger partial charge in [-0.2, -0.15) is 0 Å². The van der Waals surface area contributed by atoms with E-state index in [1.165, 1.54) is 0 Å². The molecule has 0 radical (unpaired) electrons. The number of para-hydroxylation sites is 1. The predicted octanol–water partition coefficient (Wildman–Crippen LogP) is 3.18. The topological polar surface area (TPSA) is 47.8 Å². The molecule has 1 atom stereocenters. The van der Waals surface area contributed by atoms with Crippen LogP contribution in [0.15, 0.2) is 48.5 Å². The molecule has 0 bridgehead atoms. The van der Waals surface area contributed by atoms with Crippen molar-refractivity contribution in [3.8, 4) is 0 Å². The molecule has 0 aliphatic carbocycles. The largest absolute Gasteiger partial charge is 0.292 e. The van der Waals surface area contributed by atoms with E-state index in [2.05, 4.69) is 10.3 Å². The highest BCUT2D eigenvalue weighted by atomic mass is 16.1. The third-order valence-corrected chi connectivity index (χ3v) is 3.46. The van der Waals surface area contributed by atoms with Crippen LogP contribution in [0, 0.1) is 6.92 Å². The number of fused-ring (bicyclic) bond motifs is 1. The van der Waals surface area contributed by atoms with Crippen LogP contribution in [0.25, 0.3) is 11.0 Å². The van der Waals surface area contributed by atoms with Gasteiger partial charge < -0.3 is 0 Å². The Morgan fingerprint density at radius 1 is 1.10 bits per heavy atom. The number of hydrogen-bond acceptors (Lipinski definition) is 3. The molecule has 0 aliphatic rings. The monoisotopic (exact) mass is 265 g/mol. The SMILES string of the molecule is Cc1ccc(C(=O)C(C)n2nnc3ccccc32)cc1. The molecule has 3 aromatic rings. The first kappa shape index (κ1) is 12.5. The summed E-state index contributed by atoms with van der Waals surface area (Å²) in [6, 6.07) is 14.9. The van der Waals surface area contributed by atoms with E-state index in [1.54, 1.807) is 4.68 Å². The zero-order valence-electron chi connectivity index (χ0n) is 11.4. The molecule has 2 aromatic carbocycles. The average molecular weight is 265 g/mol. The third kappa shape index (κ3) is 2.09. The molecule has 3 rings (SSSR count). The van der Waals surface area contributed by atoms with Gasteiger partial charge in [-0.3, -0.25) is 4.79 Å². The molecule has 0 saturated heterocycles. The van der Waals surface area contributed by atoms with Crippen molar-refractivity contribution in [1.82, 2.24) is 15.0 Å². The molecule has 0 fully saturated rings. The van der Waals surface area contributed by atoms with E-state index in [4.69, 9.17) is 0 Å². The predicted molar refractivity (Wildman–Crippen MR) is 77.7 cm³/mol. The Bertz CT molecular complexity index is 759. The summed E-state index contributed by atoms with van der Waals surface area (Å²) in [5.41, 5.74) is 3.51. The number of benzene rings is 2. The van der Waals surface area contributed by atoms with Crippen molar-refractivity contribution >= 4 is 16.8 Å². The van der Waals surface area contributed by atoms with Crippen molar-refractivity contribution in [2.45, 2.75) is 19.9 Å². The second kappa shape index (κ2) is 4.89. The van der Waals surface area contributed by atoms with E-state index in [1.807, 2.05) is 62.4 Å². The first-order valence-corrected chi connectivity index (χ1v) is 6.57. The van der Waals surface area contributed by atoms with E-state index in [0.717, 1.165) is 16.6 Å². The first-order chi connectivity index (χ1) is 9.66. The van der Waals surface area contributed by atoms with E-state index in [9.17, 15) is 4.79 Å². The van der Waals surface area contributed by atoms with Gasteiger partial charge in [-0.05, 0) is 26.0 Å². The van der Waals surface area contributed by atoms with Gasteiger partial charge in [0.2, 0.25) is 0 Å². The van der Waals surface area contributed by atoms with Gasteiger partial charge in [0.25, 0.3) is 0 Å². The van der Waals surface area contributed by atoms with Crippen LogP contribution < -0.4 is 0 Å². The lowest BCUT2D eigenvalue weighted by Gasteiger charge is -2.11. The Hall–Kier alpha value is -2.49. The summed E-state index contributed by atoms with van der Waals surface area (Å²) < 4.78 is 1.68. The van der Waals surface area contributed by atoms with Gasteiger partial charge in [-0.25, -0.2) is 4.68 Å². The van der Waals surface area contributed by atoms with Gasteiger partial charge in [0.1, 0.15) is 11.6 Å². The minimum absolute atomic E-state index is 0.0423. The van der Waals surface area contributed by atoms with Gasteiger partial charge in [0.05, 0.1) is 5.52 Å². The van der Waals surface area contributed by atoms with Crippen LogP contribution in [0.4, 0.5) is 0 Å². The highest BCUT2D eigenvalue weighted by molar-refractivity contribution is 5.99. The molecule has 4 heteroatoms. The summed E-state index contributed by atoms with van der Waals surface area (Å²) in [5, 5.41) is 8.20. The number of Topliss-reactive ketones (excluding diaryl/α,β-unsaturated/α-hetero) is 1. The molecule has 20 heavy (non-hydrogen) atoms. The Morgan fingerprint density at radius 2 is 1.80 bits per heavy atom. The average Bonchev–Trinajstić information content (AvgIpc) is 2.90. The minimum atomic E-state index is -0.370. The van der Waals surface area contributed by atoms with E-state index in [-0.39, 0.29) is 11.8 Å². The molecule has 1 heterocycles. The summed E-state index contributed by atoms with van der Waals surface area (Å²) in [5.74, 6) is 0.0423. The first-order valence-electron chi connectivity index (χ1n) is 6.57. The highest BCUT2D eigenvalue weighted by Crippen LogP contribution is 2.19. The summed E-state index contributed by atoms with van der Waals surface area (Å²) >= 11 is 0. The molecule has 0 saturated carbocycles. The number of carbonyl (C=O) groups excluding carboxylic acids is 1. The van der Waals surface area contributed by atoms with E-state index < -0.39 is 0 Å². The van der Waals surface area contributed by atoms with E-state index >= 15 is 0 Å². The second-order valence-electron chi connectivity index (χ2n) is 4.93. The van der Waals surface area contributed by atoms with Crippen molar-refractivity contribution in [2.75, 3.05) is 0 Å². The van der Waals surface area contributed by atoms with Gasteiger partial charge in [-0.15, -0.1) is 5.10 Å². The number of hydrogen-bond donors (Lipinski definition) is 0. The van der Waals surface area contributed by atoms with Crippen LogP contribution in [-0.4, -0.2) is 20.8 Å². The highest BCUT2D eigenvalue weighted by Gasteiger charge is 2.19. The Morgan fingerprint density at radius 3 is 2.55 bits per heavy atom.